The summed E-state index contributed by atoms with van der Waals surface area (Å²) < 4.78 is 0. The van der Waals surface area contributed by atoms with Crippen molar-refractivity contribution in [2.24, 2.45) is 0 Å². The van der Waals surface area contributed by atoms with Gasteiger partial charge in [0.2, 0.25) is 11.9 Å². The minimum Gasteiger partial charge on any atom is -0.340 e. The number of fused-ring (bicyclic) bond motifs is 1. The smallest absolute Gasteiger partial charge is 0.232 e. The third kappa shape index (κ3) is 3.67. The van der Waals surface area contributed by atoms with E-state index in [2.05, 4.69) is 45.6 Å². The zero-order chi connectivity index (χ0) is 19.7. The van der Waals surface area contributed by atoms with Crippen LogP contribution in [0.15, 0.2) is 54.6 Å². The first-order valence-corrected chi connectivity index (χ1v) is 9.37. The molecule has 0 spiro atoms. The van der Waals surface area contributed by atoms with E-state index >= 15 is 0 Å². The van der Waals surface area contributed by atoms with Crippen LogP contribution in [0.25, 0.3) is 0 Å². The van der Waals surface area contributed by atoms with E-state index in [-0.39, 0.29) is 5.91 Å². The van der Waals surface area contributed by atoms with Crippen molar-refractivity contribution in [2.75, 3.05) is 15.5 Å². The number of hydrogen-bond acceptors (Lipinski definition) is 5. The summed E-state index contributed by atoms with van der Waals surface area (Å²) in [6.07, 6.45) is 0.981. The molecule has 0 fully saturated rings. The van der Waals surface area contributed by atoms with Crippen LogP contribution < -0.4 is 15.5 Å². The Kier molecular flexibility index (Phi) is 4.69. The normalized spacial score (nSPS) is 15.2. The molecule has 0 aliphatic carbocycles. The zero-order valence-electron chi connectivity index (χ0n) is 16.2. The Morgan fingerprint density at radius 2 is 1.86 bits per heavy atom. The van der Waals surface area contributed by atoms with Gasteiger partial charge in [0.1, 0.15) is 5.82 Å². The maximum atomic E-state index is 11.3. The fraction of sp³-hybridized carbons (Fsp3) is 0.227. The van der Waals surface area contributed by atoms with Crippen molar-refractivity contribution in [1.82, 2.24) is 9.97 Å². The van der Waals surface area contributed by atoms with Gasteiger partial charge >= 0.3 is 0 Å². The lowest BCUT2D eigenvalue weighted by atomic mass is 10.1. The molecule has 1 aromatic heterocycles. The summed E-state index contributed by atoms with van der Waals surface area (Å²) in [4.78, 5) is 22.9. The molecule has 1 aliphatic rings. The monoisotopic (exact) mass is 373 g/mol. The van der Waals surface area contributed by atoms with Gasteiger partial charge in [-0.25, -0.2) is 4.98 Å². The number of benzene rings is 2. The first-order valence-electron chi connectivity index (χ1n) is 9.37. The molecule has 1 amide bonds. The lowest BCUT2D eigenvalue weighted by Gasteiger charge is -2.23. The van der Waals surface area contributed by atoms with Crippen LogP contribution in [0.4, 0.5) is 28.8 Å². The molecule has 1 aliphatic heterocycles. The number of nitrogens with zero attached hydrogens (tertiary/aromatic N) is 3. The first kappa shape index (κ1) is 18.0. The minimum atomic E-state index is -0.0981. The predicted molar refractivity (Wildman–Crippen MR) is 113 cm³/mol. The molecular formula is C22H23N5O. The van der Waals surface area contributed by atoms with Crippen LogP contribution in [0.5, 0.6) is 0 Å². The number of amides is 1. The molecule has 0 bridgehead atoms. The van der Waals surface area contributed by atoms with Crippen molar-refractivity contribution in [3.8, 4) is 0 Å². The van der Waals surface area contributed by atoms with Gasteiger partial charge in [0.15, 0.2) is 0 Å². The largest absolute Gasteiger partial charge is 0.340 e. The van der Waals surface area contributed by atoms with E-state index in [1.807, 2.05) is 43.3 Å². The highest BCUT2D eigenvalue weighted by molar-refractivity contribution is 5.89. The summed E-state index contributed by atoms with van der Waals surface area (Å²) >= 11 is 0. The van der Waals surface area contributed by atoms with Gasteiger partial charge in [0, 0.05) is 41.8 Å². The number of aromatic nitrogens is 2. The lowest BCUT2D eigenvalue weighted by Crippen LogP contribution is -2.26. The Balaban J connectivity index is 1.64. The quantitative estimate of drug-likeness (QED) is 0.701. The Morgan fingerprint density at radius 3 is 2.68 bits per heavy atom. The van der Waals surface area contributed by atoms with E-state index in [1.54, 1.807) is 0 Å². The fourth-order valence-electron chi connectivity index (χ4n) is 3.62. The van der Waals surface area contributed by atoms with Gasteiger partial charge in [-0.05, 0) is 50.1 Å². The number of carbonyl (C=O) groups is 1. The third-order valence-corrected chi connectivity index (χ3v) is 4.72. The van der Waals surface area contributed by atoms with Crippen LogP contribution in [0.1, 0.15) is 25.1 Å². The summed E-state index contributed by atoms with van der Waals surface area (Å²) in [5.41, 5.74) is 4.97. The molecule has 6 nitrogen and oxygen atoms in total. The summed E-state index contributed by atoms with van der Waals surface area (Å²) in [5, 5.41) is 6.13. The molecule has 4 rings (SSSR count). The van der Waals surface area contributed by atoms with Crippen molar-refractivity contribution < 1.29 is 4.79 Å². The fourth-order valence-corrected chi connectivity index (χ4v) is 3.62. The van der Waals surface area contributed by atoms with Gasteiger partial charge in [-0.1, -0.05) is 24.3 Å². The molecule has 6 heteroatoms. The second kappa shape index (κ2) is 7.31. The summed E-state index contributed by atoms with van der Waals surface area (Å²) in [7, 11) is 0. The minimum absolute atomic E-state index is 0.0981. The van der Waals surface area contributed by atoms with Crippen LogP contribution in [-0.2, 0) is 11.2 Å². The van der Waals surface area contributed by atoms with E-state index in [1.165, 1.54) is 18.2 Å². The number of hydrogen-bond donors (Lipinski definition) is 2. The molecule has 2 aromatic carbocycles. The first-order chi connectivity index (χ1) is 13.5. The molecule has 1 atom stereocenters. The number of nitrogens with one attached hydrogen (secondary N) is 2. The Bertz CT molecular complexity index is 1030. The average Bonchev–Trinajstić information content (AvgIpc) is 2.96. The molecule has 2 heterocycles. The van der Waals surface area contributed by atoms with Crippen LogP contribution in [-0.4, -0.2) is 21.9 Å². The molecule has 0 saturated carbocycles. The van der Waals surface area contributed by atoms with Gasteiger partial charge < -0.3 is 15.5 Å². The van der Waals surface area contributed by atoms with Crippen molar-refractivity contribution >= 4 is 34.7 Å². The van der Waals surface area contributed by atoms with Gasteiger partial charge in [-0.3, -0.25) is 4.79 Å². The second-order valence-electron chi connectivity index (χ2n) is 7.13. The summed E-state index contributed by atoms with van der Waals surface area (Å²) in [6, 6.07) is 18.2. The van der Waals surface area contributed by atoms with E-state index in [0.717, 1.165) is 29.3 Å². The Hall–Kier alpha value is -3.41. The maximum Gasteiger partial charge on any atom is 0.232 e. The van der Waals surface area contributed by atoms with Crippen LogP contribution in [0.2, 0.25) is 0 Å². The molecule has 0 saturated heterocycles. The molecule has 0 radical (unpaired) electrons. The lowest BCUT2D eigenvalue weighted by molar-refractivity contribution is -0.114. The van der Waals surface area contributed by atoms with Gasteiger partial charge in [-0.2, -0.15) is 4.98 Å². The van der Waals surface area contributed by atoms with Crippen LogP contribution in [0, 0.1) is 6.92 Å². The van der Waals surface area contributed by atoms with Gasteiger partial charge in [0.25, 0.3) is 0 Å². The van der Waals surface area contributed by atoms with Crippen LogP contribution in [0.3, 0.4) is 0 Å². The molecule has 1 unspecified atom stereocenters. The van der Waals surface area contributed by atoms with E-state index in [0.29, 0.717) is 12.0 Å². The maximum absolute atomic E-state index is 11.3. The van der Waals surface area contributed by atoms with Crippen molar-refractivity contribution in [2.45, 2.75) is 33.2 Å². The molecule has 3 aromatic rings. The Labute approximate surface area is 164 Å². The molecular weight excluding hydrogens is 350 g/mol. The average molecular weight is 373 g/mol. The van der Waals surface area contributed by atoms with Crippen LogP contribution >= 0.6 is 0 Å². The number of carbonyl (C=O) groups excluding carboxylic acids is 1. The van der Waals surface area contributed by atoms with Gasteiger partial charge in [-0.15, -0.1) is 0 Å². The predicted octanol–water partition coefficient (Wildman–Crippen LogP) is 4.57. The van der Waals surface area contributed by atoms with E-state index in [9.17, 15) is 4.79 Å². The van der Waals surface area contributed by atoms with Crippen molar-refractivity contribution in [3.05, 3.63) is 65.9 Å². The summed E-state index contributed by atoms with van der Waals surface area (Å²) in [6.45, 7) is 5.65. The molecule has 28 heavy (non-hydrogen) atoms. The molecule has 142 valence electrons. The Morgan fingerprint density at radius 1 is 1.07 bits per heavy atom. The highest BCUT2D eigenvalue weighted by atomic mass is 16.1. The zero-order valence-corrected chi connectivity index (χ0v) is 16.2. The SMILES string of the molecule is CC(=O)Nc1cccc(Nc2cc(C)nc(N3c4ccccc4CC3C)n2)c1. The highest BCUT2D eigenvalue weighted by Gasteiger charge is 2.29. The number of aryl methyl sites for hydroxylation is 1. The standard InChI is InChI=1S/C22H23N5O/c1-14-11-21(25-19-9-6-8-18(13-19)24-16(3)28)26-22(23-14)27-15(2)12-17-7-4-5-10-20(17)27/h4-11,13,15H,12H2,1-3H3,(H,24,28)(H,23,25,26). The summed E-state index contributed by atoms with van der Waals surface area (Å²) in [5.74, 6) is 1.32. The van der Waals surface area contributed by atoms with Crippen molar-refractivity contribution in [1.29, 1.82) is 0 Å². The second-order valence-corrected chi connectivity index (χ2v) is 7.13. The van der Waals surface area contributed by atoms with E-state index in [4.69, 9.17) is 4.98 Å². The van der Waals surface area contributed by atoms with Gasteiger partial charge in [0.05, 0.1) is 0 Å². The third-order valence-electron chi connectivity index (χ3n) is 4.72. The number of rotatable bonds is 4. The highest BCUT2D eigenvalue weighted by Crippen LogP contribution is 2.37. The van der Waals surface area contributed by atoms with E-state index < -0.39 is 0 Å². The number of para-hydroxylation sites is 1. The van der Waals surface area contributed by atoms with Crippen molar-refractivity contribution in [3.63, 3.8) is 0 Å². The topological polar surface area (TPSA) is 70.2 Å². The molecule has 2 N–H and O–H groups in total. The number of anilines is 5.